The summed E-state index contributed by atoms with van der Waals surface area (Å²) in [5, 5.41) is 4.93. The van der Waals surface area contributed by atoms with E-state index in [2.05, 4.69) is 13.0 Å². The van der Waals surface area contributed by atoms with Crippen molar-refractivity contribution in [3.8, 4) is 22.7 Å². The Bertz CT molecular complexity index is 1510. The third-order valence-corrected chi connectivity index (χ3v) is 7.67. The van der Waals surface area contributed by atoms with Crippen LogP contribution >= 0.6 is 24.0 Å². The normalized spacial score (nSPS) is 14.5. The number of nitrogens with zero attached hydrogens (tertiary/aromatic N) is 3. The Hall–Kier alpha value is -3.68. The second kappa shape index (κ2) is 11.4. The molecule has 38 heavy (non-hydrogen) atoms. The van der Waals surface area contributed by atoms with E-state index in [9.17, 15) is 4.79 Å². The molecule has 0 saturated carbocycles. The lowest BCUT2D eigenvalue weighted by molar-refractivity contribution is -0.122. The zero-order valence-corrected chi connectivity index (χ0v) is 23.3. The molecule has 0 spiro atoms. The van der Waals surface area contributed by atoms with E-state index < -0.39 is 0 Å². The van der Waals surface area contributed by atoms with Crippen LogP contribution in [0, 0.1) is 13.8 Å². The third-order valence-electron chi connectivity index (χ3n) is 6.29. The van der Waals surface area contributed by atoms with Crippen LogP contribution in [0.15, 0.2) is 83.9 Å². The molecule has 0 bridgehead atoms. The zero-order chi connectivity index (χ0) is 26.6. The van der Waals surface area contributed by atoms with Crippen LogP contribution in [0.2, 0.25) is 0 Å². The average Bonchev–Trinajstić information content (AvgIpc) is 3.46. The fraction of sp³-hybridized carbons (Fsp3) is 0.194. The largest absolute Gasteiger partial charge is 0.493 e. The molecule has 1 aromatic heterocycles. The van der Waals surface area contributed by atoms with Gasteiger partial charge in [-0.1, -0.05) is 78.9 Å². The van der Waals surface area contributed by atoms with Gasteiger partial charge in [-0.25, -0.2) is 4.68 Å². The van der Waals surface area contributed by atoms with Crippen molar-refractivity contribution in [3.63, 3.8) is 0 Å². The van der Waals surface area contributed by atoms with Gasteiger partial charge in [-0.05, 0) is 67.8 Å². The van der Waals surface area contributed by atoms with E-state index in [0.29, 0.717) is 22.4 Å². The van der Waals surface area contributed by atoms with E-state index in [4.69, 9.17) is 22.1 Å². The number of aryl methyl sites for hydroxylation is 2. The number of amides is 1. The molecular formula is C31H29N3O2S2. The van der Waals surface area contributed by atoms with Crippen LogP contribution in [0.3, 0.4) is 0 Å². The second-order valence-electron chi connectivity index (χ2n) is 9.30. The van der Waals surface area contributed by atoms with E-state index in [1.165, 1.54) is 17.3 Å². The molecule has 0 atom stereocenters. The number of carbonyl (C=O) groups excluding carboxylic acids is 1. The van der Waals surface area contributed by atoms with Crippen molar-refractivity contribution in [2.45, 2.75) is 33.7 Å². The van der Waals surface area contributed by atoms with E-state index in [1.54, 1.807) is 4.90 Å². The van der Waals surface area contributed by atoms with Gasteiger partial charge in [-0.2, -0.15) is 5.10 Å². The molecule has 7 heteroatoms. The number of aromatic nitrogens is 2. The number of hydrogen-bond donors (Lipinski definition) is 0. The number of thiocarbonyl (C=S) groups is 1. The van der Waals surface area contributed by atoms with Crippen molar-refractivity contribution in [1.82, 2.24) is 14.7 Å². The maximum atomic E-state index is 13.4. The molecule has 1 fully saturated rings. The lowest BCUT2D eigenvalue weighted by Gasteiger charge is -2.14. The lowest BCUT2D eigenvalue weighted by Crippen LogP contribution is -2.27. The molecule has 3 aromatic carbocycles. The van der Waals surface area contributed by atoms with Crippen molar-refractivity contribution >= 4 is 40.3 Å². The quantitative estimate of drug-likeness (QED) is 0.173. The van der Waals surface area contributed by atoms with Gasteiger partial charge in [0, 0.05) is 17.3 Å². The molecule has 192 valence electrons. The predicted octanol–water partition coefficient (Wildman–Crippen LogP) is 7.35. The van der Waals surface area contributed by atoms with E-state index >= 15 is 0 Å². The van der Waals surface area contributed by atoms with Crippen LogP contribution in [-0.2, 0) is 11.3 Å². The highest BCUT2D eigenvalue weighted by Gasteiger charge is 2.32. The summed E-state index contributed by atoms with van der Waals surface area (Å²) in [7, 11) is 0. The first-order valence-corrected chi connectivity index (χ1v) is 13.8. The molecule has 4 aromatic rings. The van der Waals surface area contributed by atoms with Crippen LogP contribution in [-0.4, -0.2) is 31.5 Å². The van der Waals surface area contributed by atoms with Gasteiger partial charge >= 0.3 is 0 Å². The molecule has 1 aliphatic heterocycles. The van der Waals surface area contributed by atoms with Gasteiger partial charge in [0.15, 0.2) is 0 Å². The summed E-state index contributed by atoms with van der Waals surface area (Å²) in [6.45, 7) is 7.32. The molecule has 1 saturated heterocycles. The van der Waals surface area contributed by atoms with E-state index in [1.807, 2.05) is 97.5 Å². The number of rotatable bonds is 8. The SMILES string of the molecule is CCCOc1ccc(-c2nn(-c3ccccc3)cc2/C=C2\SC(=S)N(Cc3ccc(C)cc3)C2=O)cc1C. The average molecular weight is 540 g/mol. The molecule has 0 unspecified atom stereocenters. The van der Waals surface area contributed by atoms with Crippen LogP contribution in [0.25, 0.3) is 23.0 Å². The first-order valence-electron chi connectivity index (χ1n) is 12.6. The van der Waals surface area contributed by atoms with Crippen LogP contribution < -0.4 is 4.74 Å². The van der Waals surface area contributed by atoms with E-state index in [0.717, 1.165) is 45.8 Å². The number of thioether (sulfide) groups is 1. The van der Waals surface area contributed by atoms with Crippen molar-refractivity contribution in [3.05, 3.63) is 106 Å². The minimum Gasteiger partial charge on any atom is -0.493 e. The highest BCUT2D eigenvalue weighted by molar-refractivity contribution is 8.26. The van der Waals surface area contributed by atoms with Crippen LogP contribution in [0.1, 0.15) is 35.6 Å². The Kier molecular flexibility index (Phi) is 7.77. The fourth-order valence-corrected chi connectivity index (χ4v) is 5.50. The Morgan fingerprint density at radius 1 is 1.03 bits per heavy atom. The lowest BCUT2D eigenvalue weighted by atomic mass is 10.0. The topological polar surface area (TPSA) is 47.4 Å². The van der Waals surface area contributed by atoms with Crippen molar-refractivity contribution in [2.75, 3.05) is 6.61 Å². The Labute approximate surface area is 233 Å². The first kappa shape index (κ1) is 25.9. The molecule has 0 aliphatic carbocycles. The molecule has 0 radical (unpaired) electrons. The second-order valence-corrected chi connectivity index (χ2v) is 11.0. The highest BCUT2D eigenvalue weighted by Crippen LogP contribution is 2.36. The van der Waals surface area contributed by atoms with Gasteiger partial charge in [-0.15, -0.1) is 0 Å². The zero-order valence-electron chi connectivity index (χ0n) is 21.7. The van der Waals surface area contributed by atoms with Crippen molar-refractivity contribution in [1.29, 1.82) is 0 Å². The fourth-order valence-electron chi connectivity index (χ4n) is 4.25. The van der Waals surface area contributed by atoms with Gasteiger partial charge in [0.05, 0.1) is 23.7 Å². The monoisotopic (exact) mass is 539 g/mol. The Morgan fingerprint density at radius 2 is 1.79 bits per heavy atom. The maximum Gasteiger partial charge on any atom is 0.266 e. The Balaban J connectivity index is 1.50. The van der Waals surface area contributed by atoms with Gasteiger partial charge in [0.2, 0.25) is 0 Å². The number of hydrogen-bond acceptors (Lipinski definition) is 5. The molecule has 2 heterocycles. The van der Waals surface area contributed by atoms with E-state index in [-0.39, 0.29) is 5.91 Å². The summed E-state index contributed by atoms with van der Waals surface area (Å²) >= 11 is 6.94. The predicted molar refractivity (Wildman–Crippen MR) is 159 cm³/mol. The summed E-state index contributed by atoms with van der Waals surface area (Å²) in [5.74, 6) is 0.787. The smallest absolute Gasteiger partial charge is 0.266 e. The van der Waals surface area contributed by atoms with Gasteiger partial charge in [0.1, 0.15) is 15.8 Å². The molecular weight excluding hydrogens is 510 g/mol. The van der Waals surface area contributed by atoms with Crippen LogP contribution in [0.5, 0.6) is 5.75 Å². The number of benzene rings is 3. The van der Waals surface area contributed by atoms with Crippen molar-refractivity contribution in [2.24, 2.45) is 0 Å². The molecule has 5 rings (SSSR count). The number of carbonyl (C=O) groups is 1. The minimum atomic E-state index is -0.0847. The number of ether oxygens (including phenoxy) is 1. The summed E-state index contributed by atoms with van der Waals surface area (Å²) in [4.78, 5) is 15.7. The van der Waals surface area contributed by atoms with Crippen LogP contribution in [0.4, 0.5) is 0 Å². The number of para-hydroxylation sites is 1. The minimum absolute atomic E-state index is 0.0847. The summed E-state index contributed by atoms with van der Waals surface area (Å²) in [6.07, 6.45) is 4.83. The standard InChI is InChI=1S/C31H29N3O2S2/c1-4-16-36-27-15-14-24(17-22(27)3)29-25(20-34(32-29)26-8-6-5-7-9-26)18-28-30(35)33(31(37)38-28)19-23-12-10-21(2)11-13-23/h5-15,17-18,20H,4,16,19H2,1-3H3/b28-18-. The van der Waals surface area contributed by atoms with Crippen molar-refractivity contribution < 1.29 is 9.53 Å². The summed E-state index contributed by atoms with van der Waals surface area (Å²) in [5.41, 5.74) is 6.82. The third kappa shape index (κ3) is 5.59. The van der Waals surface area contributed by atoms with Gasteiger partial charge in [-0.3, -0.25) is 9.69 Å². The Morgan fingerprint density at radius 3 is 2.50 bits per heavy atom. The van der Waals surface area contributed by atoms with Gasteiger partial charge in [0.25, 0.3) is 5.91 Å². The highest BCUT2D eigenvalue weighted by atomic mass is 32.2. The molecule has 5 nitrogen and oxygen atoms in total. The summed E-state index contributed by atoms with van der Waals surface area (Å²) in [6, 6.07) is 24.2. The summed E-state index contributed by atoms with van der Waals surface area (Å²) < 4.78 is 8.29. The maximum absolute atomic E-state index is 13.4. The molecule has 0 N–H and O–H groups in total. The molecule has 1 amide bonds. The first-order chi connectivity index (χ1) is 18.4. The molecule has 1 aliphatic rings. The van der Waals surface area contributed by atoms with Gasteiger partial charge < -0.3 is 4.74 Å².